The van der Waals surface area contributed by atoms with Gasteiger partial charge < -0.3 is 38.4 Å². The van der Waals surface area contributed by atoms with Crippen LogP contribution in [-0.4, -0.2) is 62.8 Å². The van der Waals surface area contributed by atoms with Gasteiger partial charge in [-0.15, -0.1) is 0 Å². The molecular weight excluding hydrogens is 408 g/mol. The van der Waals surface area contributed by atoms with E-state index in [0.717, 1.165) is 23.4 Å². The average molecular weight is 446 g/mol. The smallest absolute Gasteiger partial charge is 0.343 e. The minimum atomic E-state index is 0. The number of halogens is 2. The van der Waals surface area contributed by atoms with Gasteiger partial charge in [0.2, 0.25) is 0 Å². The van der Waals surface area contributed by atoms with Crippen LogP contribution in [0.2, 0.25) is 0 Å². The molecule has 0 fully saturated rings. The summed E-state index contributed by atoms with van der Waals surface area (Å²) in [7, 11) is 8.60. The first-order chi connectivity index (χ1) is 9.39. The van der Waals surface area contributed by atoms with Gasteiger partial charge in [-0.3, -0.25) is 15.6 Å². The van der Waals surface area contributed by atoms with E-state index in [1.54, 1.807) is 0 Å². The van der Waals surface area contributed by atoms with Gasteiger partial charge >= 0.3 is 5.96 Å². The molecule has 0 aromatic rings. The van der Waals surface area contributed by atoms with Gasteiger partial charge in [0.1, 0.15) is 0 Å². The summed E-state index contributed by atoms with van der Waals surface area (Å²) in [4.78, 5) is 0. The molecule has 0 aliphatic carbocycles. The number of hydrogen-bond donors (Lipinski definition) is 2. The maximum absolute atomic E-state index is 5.83. The van der Waals surface area contributed by atoms with Crippen molar-refractivity contribution >= 4 is 5.96 Å². The molecule has 136 valence electrons. The summed E-state index contributed by atoms with van der Waals surface area (Å²) < 4.78 is 3.04. The third-order valence-corrected chi connectivity index (χ3v) is 3.85. The minimum absolute atomic E-state index is 0. The summed E-state index contributed by atoms with van der Waals surface area (Å²) in [6.07, 6.45) is 9.46. The van der Waals surface area contributed by atoms with Crippen molar-refractivity contribution in [1.29, 1.82) is 0 Å². The summed E-state index contributed by atoms with van der Waals surface area (Å²) in [5, 5.41) is 3.26. The van der Waals surface area contributed by atoms with Crippen LogP contribution in [0.1, 0.15) is 51.9 Å². The highest BCUT2D eigenvalue weighted by Crippen LogP contribution is 2.08. The Labute approximate surface area is 159 Å². The fourth-order valence-corrected chi connectivity index (χ4v) is 2.31. The Bertz CT molecular complexity index is 277. The van der Waals surface area contributed by atoms with Crippen molar-refractivity contribution in [1.82, 2.24) is 5.32 Å². The Balaban J connectivity index is -0.00000180. The Morgan fingerprint density at radius 3 is 1.95 bits per heavy atom. The number of nitrogens with one attached hydrogen (secondary N) is 1. The molecule has 0 atom stereocenters. The van der Waals surface area contributed by atoms with Gasteiger partial charge in [-0.25, -0.2) is 0 Å². The van der Waals surface area contributed by atoms with Gasteiger partial charge in [0.25, 0.3) is 0 Å². The summed E-state index contributed by atoms with van der Waals surface area (Å²) in [6.45, 7) is 5.73. The average Bonchev–Trinajstić information content (AvgIpc) is 2.38. The zero-order valence-corrected chi connectivity index (χ0v) is 18.5. The first kappa shape index (κ1) is 27.1. The molecule has 6 heteroatoms. The van der Waals surface area contributed by atoms with E-state index < -0.39 is 0 Å². The first-order valence-electron chi connectivity index (χ1n) is 8.24. The molecule has 0 rings (SSSR count). The van der Waals surface area contributed by atoms with Crippen LogP contribution >= 0.6 is 0 Å². The number of rotatable bonds is 11. The van der Waals surface area contributed by atoms with Crippen LogP contribution in [0.4, 0.5) is 0 Å². The van der Waals surface area contributed by atoms with Crippen LogP contribution < -0.4 is 45.0 Å². The SMILES string of the molecule is CCCCCCCC[N+](C)(C)CCCNC(N)=[N+](C)C.[Br-].[Br-]. The Hall–Kier alpha value is 0.190. The summed E-state index contributed by atoms with van der Waals surface area (Å²) in [5.74, 6) is 0.756. The van der Waals surface area contributed by atoms with Gasteiger partial charge in [0.15, 0.2) is 0 Å². The summed E-state index contributed by atoms with van der Waals surface area (Å²) in [5.41, 5.74) is 5.83. The minimum Gasteiger partial charge on any atom is -1.00 e. The number of unbranched alkanes of at least 4 members (excludes halogenated alkanes) is 5. The Kier molecular flexibility index (Phi) is 19.8. The van der Waals surface area contributed by atoms with Crippen molar-refractivity contribution in [2.45, 2.75) is 51.9 Å². The molecule has 4 nitrogen and oxygen atoms in total. The fourth-order valence-electron chi connectivity index (χ4n) is 2.31. The Morgan fingerprint density at radius 1 is 0.909 bits per heavy atom. The number of guanidine groups is 1. The molecule has 0 saturated carbocycles. The fraction of sp³-hybridized carbons (Fsp3) is 0.938. The lowest BCUT2D eigenvalue weighted by atomic mass is 10.1. The molecule has 0 amide bonds. The van der Waals surface area contributed by atoms with Crippen LogP contribution in [0.15, 0.2) is 0 Å². The molecule has 0 radical (unpaired) electrons. The normalized spacial score (nSPS) is 10.4. The van der Waals surface area contributed by atoms with Crippen LogP contribution in [0.25, 0.3) is 0 Å². The molecule has 0 aromatic heterocycles. The third kappa shape index (κ3) is 16.6. The van der Waals surface area contributed by atoms with Gasteiger partial charge in [0, 0.05) is 6.42 Å². The van der Waals surface area contributed by atoms with Gasteiger partial charge in [-0.1, -0.05) is 32.6 Å². The predicted molar refractivity (Wildman–Crippen MR) is 89.1 cm³/mol. The highest BCUT2D eigenvalue weighted by Gasteiger charge is 2.14. The second-order valence-corrected chi connectivity index (χ2v) is 6.71. The van der Waals surface area contributed by atoms with E-state index in [1.165, 1.54) is 51.6 Å². The molecule has 0 aliphatic heterocycles. The van der Waals surface area contributed by atoms with E-state index in [-0.39, 0.29) is 34.0 Å². The van der Waals surface area contributed by atoms with Gasteiger partial charge in [0.05, 0.1) is 47.8 Å². The standard InChI is InChI=1S/C16H37N4.2BrH/c1-6-7-8-9-10-11-14-20(4,5)15-12-13-18-16(17)19(2)3;;/h6-15H2,1-5H3,(H2,17,18);2*1H/q+1;;/p-1. The molecule has 0 bridgehead atoms. The molecule has 0 aliphatic rings. The highest BCUT2D eigenvalue weighted by molar-refractivity contribution is 5.72. The lowest BCUT2D eigenvalue weighted by Crippen LogP contribution is -3.00. The largest absolute Gasteiger partial charge is 1.00 e. The second-order valence-electron chi connectivity index (χ2n) is 6.71. The number of nitrogens with zero attached hydrogens (tertiary/aromatic N) is 2. The maximum Gasteiger partial charge on any atom is 0.343 e. The van der Waals surface area contributed by atoms with Crippen LogP contribution in [0.5, 0.6) is 0 Å². The highest BCUT2D eigenvalue weighted by atomic mass is 79.9. The number of quaternary nitrogens is 1. The third-order valence-electron chi connectivity index (χ3n) is 3.85. The Morgan fingerprint density at radius 2 is 1.41 bits per heavy atom. The number of hydrogen-bond acceptors (Lipinski definition) is 0. The van der Waals surface area contributed by atoms with E-state index in [4.69, 9.17) is 5.73 Å². The second kappa shape index (κ2) is 16.1. The summed E-state index contributed by atoms with van der Waals surface area (Å²) >= 11 is 0. The molecular formula is C16H38Br2N4. The molecule has 3 N–H and O–H groups in total. The topological polar surface area (TPSA) is 41.1 Å². The monoisotopic (exact) mass is 444 g/mol. The maximum atomic E-state index is 5.83. The van der Waals surface area contributed by atoms with E-state index in [1.807, 2.05) is 18.7 Å². The first-order valence-corrected chi connectivity index (χ1v) is 8.24. The van der Waals surface area contributed by atoms with E-state index in [9.17, 15) is 0 Å². The summed E-state index contributed by atoms with van der Waals surface area (Å²) in [6, 6.07) is 0. The molecule has 0 saturated heterocycles. The molecule has 0 aromatic carbocycles. The van der Waals surface area contributed by atoms with Crippen LogP contribution in [-0.2, 0) is 0 Å². The lowest BCUT2D eigenvalue weighted by Gasteiger charge is -2.29. The van der Waals surface area contributed by atoms with Crippen molar-refractivity contribution in [2.24, 2.45) is 5.73 Å². The molecule has 0 unspecified atom stereocenters. The van der Waals surface area contributed by atoms with Crippen molar-refractivity contribution in [3.05, 3.63) is 0 Å². The van der Waals surface area contributed by atoms with E-state index in [2.05, 4.69) is 26.3 Å². The van der Waals surface area contributed by atoms with Crippen molar-refractivity contribution in [2.75, 3.05) is 47.8 Å². The zero-order chi connectivity index (χ0) is 15.4. The van der Waals surface area contributed by atoms with Crippen LogP contribution in [0.3, 0.4) is 0 Å². The molecule has 22 heavy (non-hydrogen) atoms. The van der Waals surface area contributed by atoms with E-state index in [0.29, 0.717) is 0 Å². The van der Waals surface area contributed by atoms with Crippen molar-refractivity contribution < 1.29 is 43.0 Å². The molecule has 0 spiro atoms. The zero-order valence-electron chi connectivity index (χ0n) is 15.3. The van der Waals surface area contributed by atoms with Gasteiger partial charge in [-0.05, 0) is 12.8 Å². The lowest BCUT2D eigenvalue weighted by molar-refractivity contribution is -0.890. The van der Waals surface area contributed by atoms with Crippen molar-refractivity contribution in [3.63, 3.8) is 0 Å². The molecule has 0 heterocycles. The number of nitrogens with two attached hydrogens (primary N) is 1. The van der Waals surface area contributed by atoms with E-state index >= 15 is 0 Å². The quantitative estimate of drug-likeness (QED) is 0.112. The van der Waals surface area contributed by atoms with Gasteiger partial charge in [-0.2, -0.15) is 0 Å². The van der Waals surface area contributed by atoms with Crippen LogP contribution in [0, 0.1) is 0 Å². The van der Waals surface area contributed by atoms with Crippen molar-refractivity contribution in [3.8, 4) is 0 Å². The predicted octanol–water partition coefficient (Wildman–Crippen LogP) is -4.00.